The van der Waals surface area contributed by atoms with Crippen molar-refractivity contribution in [1.29, 1.82) is 0 Å². The smallest absolute Gasteiger partial charge is 0.475 e. The highest BCUT2D eigenvalue weighted by molar-refractivity contribution is 7.12. The van der Waals surface area contributed by atoms with E-state index in [9.17, 15) is 18.0 Å². The number of nitrogens with zero attached hydrogens (tertiary/aromatic N) is 2. The van der Waals surface area contributed by atoms with Crippen molar-refractivity contribution >= 4 is 23.2 Å². The van der Waals surface area contributed by atoms with Gasteiger partial charge in [-0.1, -0.05) is 0 Å². The number of aryl methyl sites for hydroxylation is 1. The minimum atomic E-state index is -5.08. The summed E-state index contributed by atoms with van der Waals surface area (Å²) in [5.41, 5.74) is 0.974. The Labute approximate surface area is 193 Å². The number of carboxylic acid groups (broad SMARTS) is 1. The second kappa shape index (κ2) is 10.3. The van der Waals surface area contributed by atoms with Crippen molar-refractivity contribution < 1.29 is 37.0 Å². The lowest BCUT2D eigenvalue weighted by Crippen LogP contribution is -2.66. The first-order chi connectivity index (χ1) is 15.5. The minimum Gasteiger partial charge on any atom is -0.475 e. The van der Waals surface area contributed by atoms with Gasteiger partial charge in [0.1, 0.15) is 11.4 Å². The Kier molecular flexibility index (Phi) is 7.86. The molecule has 4 rings (SSSR count). The molecule has 1 unspecified atom stereocenters. The Hall–Kier alpha value is -2.37. The van der Waals surface area contributed by atoms with Crippen LogP contribution in [-0.2, 0) is 16.1 Å². The predicted octanol–water partition coefficient (Wildman–Crippen LogP) is 4.04. The van der Waals surface area contributed by atoms with Gasteiger partial charge in [-0.15, -0.1) is 11.3 Å². The van der Waals surface area contributed by atoms with Crippen LogP contribution in [-0.4, -0.2) is 71.8 Å². The molecule has 2 saturated heterocycles. The van der Waals surface area contributed by atoms with E-state index in [1.807, 2.05) is 35.4 Å². The third-order valence-corrected chi connectivity index (χ3v) is 6.76. The van der Waals surface area contributed by atoms with Crippen LogP contribution in [0.5, 0.6) is 0 Å². The first-order valence-electron chi connectivity index (χ1n) is 10.5. The van der Waals surface area contributed by atoms with E-state index >= 15 is 0 Å². The number of likely N-dealkylation sites (tertiary alicyclic amines) is 1. The number of alkyl halides is 3. The summed E-state index contributed by atoms with van der Waals surface area (Å²) in [5.74, 6) is -1.05. The molecular weight excluding hydrogens is 461 g/mol. The molecule has 1 atom stereocenters. The quantitative estimate of drug-likeness (QED) is 0.684. The summed E-state index contributed by atoms with van der Waals surface area (Å²) in [6, 6.07) is 5.95. The maximum Gasteiger partial charge on any atom is 0.490 e. The zero-order valence-corrected chi connectivity index (χ0v) is 19.2. The zero-order valence-electron chi connectivity index (χ0n) is 18.4. The lowest BCUT2D eigenvalue weighted by molar-refractivity contribution is -0.192. The molecule has 2 aromatic heterocycles. The molecule has 11 heteroatoms. The highest BCUT2D eigenvalue weighted by atomic mass is 32.1. The maximum absolute atomic E-state index is 12.6. The van der Waals surface area contributed by atoms with Gasteiger partial charge in [0.25, 0.3) is 5.91 Å². The van der Waals surface area contributed by atoms with Gasteiger partial charge < -0.3 is 19.2 Å². The number of halogens is 3. The molecule has 2 aliphatic heterocycles. The molecule has 182 valence electrons. The molecule has 2 aliphatic rings. The van der Waals surface area contributed by atoms with Gasteiger partial charge in [0.05, 0.1) is 37.4 Å². The van der Waals surface area contributed by atoms with Gasteiger partial charge in [-0.2, -0.15) is 13.2 Å². The number of rotatable bonds is 5. The van der Waals surface area contributed by atoms with Gasteiger partial charge in [-0.05, 0) is 61.9 Å². The van der Waals surface area contributed by atoms with Gasteiger partial charge in [-0.3, -0.25) is 9.69 Å². The van der Waals surface area contributed by atoms with E-state index in [2.05, 4.69) is 11.9 Å². The maximum atomic E-state index is 12.6. The van der Waals surface area contributed by atoms with Crippen molar-refractivity contribution in [2.75, 3.05) is 33.3 Å². The first kappa shape index (κ1) is 25.3. The summed E-state index contributed by atoms with van der Waals surface area (Å²) in [6.45, 7) is 6.09. The van der Waals surface area contributed by atoms with Gasteiger partial charge in [0.15, 0.2) is 0 Å². The van der Waals surface area contributed by atoms with Crippen LogP contribution in [0, 0.1) is 12.8 Å². The molecule has 2 fully saturated rings. The average molecular weight is 489 g/mol. The van der Waals surface area contributed by atoms with E-state index in [1.54, 1.807) is 6.26 Å². The van der Waals surface area contributed by atoms with E-state index in [1.165, 1.54) is 11.3 Å². The first-order valence-corrected chi connectivity index (χ1v) is 11.4. The molecule has 2 aromatic rings. The van der Waals surface area contributed by atoms with Gasteiger partial charge in [-0.25, -0.2) is 4.79 Å². The second-order valence-corrected chi connectivity index (χ2v) is 9.49. The van der Waals surface area contributed by atoms with Crippen molar-refractivity contribution in [2.24, 2.45) is 5.92 Å². The molecule has 0 saturated carbocycles. The number of hydrogen-bond donors (Lipinski definition) is 1. The molecule has 1 N–H and O–H groups in total. The lowest BCUT2D eigenvalue weighted by atomic mass is 9.82. The molecule has 33 heavy (non-hydrogen) atoms. The van der Waals surface area contributed by atoms with Gasteiger partial charge in [0, 0.05) is 6.54 Å². The third-order valence-electron chi connectivity index (χ3n) is 5.75. The third kappa shape index (κ3) is 6.58. The Morgan fingerprint density at radius 2 is 2.03 bits per heavy atom. The van der Waals surface area contributed by atoms with E-state index in [4.69, 9.17) is 19.1 Å². The highest BCUT2D eigenvalue weighted by Gasteiger charge is 2.48. The summed E-state index contributed by atoms with van der Waals surface area (Å²) in [6.07, 6.45) is -1.17. The molecule has 0 bridgehead atoms. The highest BCUT2D eigenvalue weighted by Crippen LogP contribution is 2.37. The van der Waals surface area contributed by atoms with Gasteiger partial charge >= 0.3 is 12.1 Å². The lowest BCUT2D eigenvalue weighted by Gasteiger charge is -2.52. The number of carboxylic acids is 1. The van der Waals surface area contributed by atoms with Crippen molar-refractivity contribution in [2.45, 2.75) is 38.1 Å². The minimum absolute atomic E-state index is 0.100. The van der Waals surface area contributed by atoms with Crippen molar-refractivity contribution in [3.63, 3.8) is 0 Å². The molecule has 0 aliphatic carbocycles. The Morgan fingerprint density at radius 1 is 1.33 bits per heavy atom. The molecular formula is C22H27F3N2O5S. The van der Waals surface area contributed by atoms with Crippen LogP contribution in [0.2, 0.25) is 0 Å². The molecule has 0 radical (unpaired) electrons. The Morgan fingerprint density at radius 3 is 2.52 bits per heavy atom. The topological polar surface area (TPSA) is 83.2 Å². The average Bonchev–Trinajstić information content (AvgIpc) is 3.37. The van der Waals surface area contributed by atoms with Crippen LogP contribution >= 0.6 is 11.3 Å². The normalized spacial score (nSPS) is 19.7. The zero-order chi connectivity index (χ0) is 24.2. The fourth-order valence-electron chi connectivity index (χ4n) is 4.01. The monoisotopic (exact) mass is 488 g/mol. The van der Waals surface area contributed by atoms with E-state index in [0.29, 0.717) is 5.92 Å². The number of carbonyl (C=O) groups excluding carboxylic acids is 1. The fraction of sp³-hybridized carbons (Fsp3) is 0.545. The molecule has 1 amide bonds. The standard InChI is InChI=1S/C20H26N2O3S.C2HF3O2/c1-15-6-9-26-18(15)19(23)22-13-20(14-22)7-5-16(12-25-20)10-21(2)11-17-4-3-8-24-17;3-2(4,5)1(6)7/h3-4,6,8-9,16H,5,7,10-14H2,1-2H3;(H,6,7). The summed E-state index contributed by atoms with van der Waals surface area (Å²) >= 11 is 1.53. The predicted molar refractivity (Wildman–Crippen MR) is 115 cm³/mol. The van der Waals surface area contributed by atoms with Crippen molar-refractivity contribution in [3.8, 4) is 0 Å². The SMILES string of the molecule is Cc1ccsc1C(=O)N1CC2(CCC(CN(C)Cc3ccco3)CO2)C1.O=C(O)C(F)(F)F. The second-order valence-electron chi connectivity index (χ2n) is 8.57. The summed E-state index contributed by atoms with van der Waals surface area (Å²) in [7, 11) is 2.13. The van der Waals surface area contributed by atoms with E-state index in [-0.39, 0.29) is 11.5 Å². The molecule has 1 spiro atoms. The van der Waals surface area contributed by atoms with Crippen molar-refractivity contribution in [3.05, 3.63) is 46.0 Å². The summed E-state index contributed by atoms with van der Waals surface area (Å²) < 4.78 is 43.4. The number of aliphatic carboxylic acids is 1. The van der Waals surface area contributed by atoms with E-state index in [0.717, 1.165) is 61.8 Å². The van der Waals surface area contributed by atoms with Crippen LogP contribution < -0.4 is 0 Å². The van der Waals surface area contributed by atoms with Crippen LogP contribution in [0.4, 0.5) is 13.2 Å². The van der Waals surface area contributed by atoms with Crippen LogP contribution in [0.15, 0.2) is 34.3 Å². The number of carbonyl (C=O) groups is 2. The number of hydrogen-bond acceptors (Lipinski definition) is 6. The molecule has 4 heterocycles. The Balaban J connectivity index is 0.000000383. The molecule has 0 aromatic carbocycles. The largest absolute Gasteiger partial charge is 0.490 e. The fourth-order valence-corrected chi connectivity index (χ4v) is 4.91. The van der Waals surface area contributed by atoms with Crippen molar-refractivity contribution in [1.82, 2.24) is 9.80 Å². The van der Waals surface area contributed by atoms with Gasteiger partial charge in [0.2, 0.25) is 0 Å². The summed E-state index contributed by atoms with van der Waals surface area (Å²) in [5, 5.41) is 9.11. The number of thiophene rings is 1. The van der Waals surface area contributed by atoms with Crippen LogP contribution in [0.25, 0.3) is 0 Å². The van der Waals surface area contributed by atoms with E-state index < -0.39 is 12.1 Å². The summed E-state index contributed by atoms with van der Waals surface area (Å²) in [4.78, 5) is 26.6. The van der Waals surface area contributed by atoms with Crippen LogP contribution in [0.3, 0.4) is 0 Å². The number of furan rings is 1. The number of amides is 1. The van der Waals surface area contributed by atoms with Crippen LogP contribution in [0.1, 0.15) is 33.8 Å². The number of ether oxygens (including phenoxy) is 1. The Bertz CT molecular complexity index is 928. The molecule has 7 nitrogen and oxygen atoms in total.